The standard InChI is InChI=1S/C17H18ClN5O11S2/c18-14-6-15-17(7-16(14)35(19,28)29)36(30,31)21(10-20-15)1-2-32-13-4-11(8-33-22(24)25)3-12(5-13)9-34-23(26)27/h3-7,20H,1-2,8-10H2,(H2,19,28,29). The molecule has 0 saturated heterocycles. The number of rotatable bonds is 11. The van der Waals surface area contributed by atoms with Gasteiger partial charge in [0.15, 0.2) is 0 Å². The van der Waals surface area contributed by atoms with Crippen LogP contribution in [0, 0.1) is 20.2 Å². The van der Waals surface area contributed by atoms with E-state index in [-0.39, 0.29) is 52.3 Å². The summed E-state index contributed by atoms with van der Waals surface area (Å²) in [7, 11) is -8.46. The molecule has 0 amide bonds. The molecule has 3 N–H and O–H groups in total. The molecule has 1 heterocycles. The van der Waals surface area contributed by atoms with Crippen LogP contribution in [0.5, 0.6) is 5.75 Å². The third-order valence-electron chi connectivity index (χ3n) is 4.71. The summed E-state index contributed by atoms with van der Waals surface area (Å²) in [5.41, 5.74) is 0.595. The average Bonchev–Trinajstić information content (AvgIpc) is 2.76. The van der Waals surface area contributed by atoms with Crippen molar-refractivity contribution < 1.29 is 41.4 Å². The van der Waals surface area contributed by atoms with E-state index < -0.39 is 48.3 Å². The Morgan fingerprint density at radius 3 is 2.17 bits per heavy atom. The largest absolute Gasteiger partial charge is 0.492 e. The van der Waals surface area contributed by atoms with Gasteiger partial charge >= 0.3 is 0 Å². The zero-order chi connectivity index (χ0) is 26.7. The van der Waals surface area contributed by atoms with E-state index in [1.165, 1.54) is 18.2 Å². The maximum Gasteiger partial charge on any atom is 0.294 e. The summed E-state index contributed by atoms with van der Waals surface area (Å²) in [4.78, 5) is 28.6. The molecule has 0 unspecified atom stereocenters. The second-order valence-corrected chi connectivity index (χ2v) is 11.0. The number of ether oxygens (including phenoxy) is 1. The van der Waals surface area contributed by atoms with Crippen molar-refractivity contribution in [1.29, 1.82) is 0 Å². The number of halogens is 1. The summed E-state index contributed by atoms with van der Waals surface area (Å²) in [5, 5.41) is 26.6. The minimum Gasteiger partial charge on any atom is -0.492 e. The molecule has 1 aliphatic heterocycles. The van der Waals surface area contributed by atoms with Crippen LogP contribution in [0.15, 0.2) is 40.1 Å². The van der Waals surface area contributed by atoms with Crippen molar-refractivity contribution in [2.24, 2.45) is 5.14 Å². The number of sulfonamides is 2. The number of nitrogens with two attached hydrogens (primary N) is 1. The lowest BCUT2D eigenvalue weighted by atomic mass is 10.1. The second-order valence-electron chi connectivity index (χ2n) is 7.17. The van der Waals surface area contributed by atoms with Crippen LogP contribution in [-0.2, 0) is 42.9 Å². The molecule has 0 radical (unpaired) electrons. The van der Waals surface area contributed by atoms with E-state index in [0.29, 0.717) is 0 Å². The molecule has 2 aromatic rings. The fraction of sp³-hybridized carbons (Fsp3) is 0.294. The Kier molecular flexibility index (Phi) is 8.04. The first-order valence-corrected chi connectivity index (χ1v) is 13.0. The van der Waals surface area contributed by atoms with E-state index in [0.717, 1.165) is 16.4 Å². The van der Waals surface area contributed by atoms with Crippen molar-refractivity contribution in [3.05, 3.63) is 66.7 Å². The van der Waals surface area contributed by atoms with E-state index in [2.05, 4.69) is 15.0 Å². The highest BCUT2D eigenvalue weighted by Crippen LogP contribution is 2.35. The van der Waals surface area contributed by atoms with Crippen LogP contribution in [0.1, 0.15) is 11.1 Å². The maximum absolute atomic E-state index is 13.0. The fourth-order valence-corrected chi connectivity index (χ4v) is 5.88. The van der Waals surface area contributed by atoms with E-state index in [1.54, 1.807) is 0 Å². The van der Waals surface area contributed by atoms with Gasteiger partial charge in [0.2, 0.25) is 20.0 Å². The summed E-state index contributed by atoms with van der Waals surface area (Å²) in [6.07, 6.45) is 0. The van der Waals surface area contributed by atoms with E-state index in [4.69, 9.17) is 21.5 Å². The van der Waals surface area contributed by atoms with Crippen LogP contribution in [0.25, 0.3) is 0 Å². The topological polar surface area (TPSA) is 224 Å². The van der Waals surface area contributed by atoms with Crippen LogP contribution in [0.3, 0.4) is 0 Å². The van der Waals surface area contributed by atoms with E-state index in [1.807, 2.05) is 0 Å². The Morgan fingerprint density at radius 1 is 1.06 bits per heavy atom. The van der Waals surface area contributed by atoms with Crippen molar-refractivity contribution in [2.45, 2.75) is 23.0 Å². The molecule has 36 heavy (non-hydrogen) atoms. The first-order valence-electron chi connectivity index (χ1n) is 9.68. The Morgan fingerprint density at radius 2 is 1.64 bits per heavy atom. The summed E-state index contributed by atoms with van der Waals surface area (Å²) in [6.45, 7) is -1.51. The summed E-state index contributed by atoms with van der Waals surface area (Å²) in [6, 6.07) is 6.14. The molecular weight excluding hydrogens is 550 g/mol. The number of hydrogen-bond donors (Lipinski definition) is 2. The molecule has 1 aliphatic rings. The van der Waals surface area contributed by atoms with Gasteiger partial charge in [-0.2, -0.15) is 4.31 Å². The first-order chi connectivity index (χ1) is 16.8. The number of fused-ring (bicyclic) bond motifs is 1. The predicted molar refractivity (Wildman–Crippen MR) is 121 cm³/mol. The van der Waals surface area contributed by atoms with Gasteiger partial charge in [0.1, 0.15) is 35.4 Å². The highest BCUT2D eigenvalue weighted by atomic mass is 35.5. The van der Waals surface area contributed by atoms with Crippen LogP contribution in [0.2, 0.25) is 5.02 Å². The van der Waals surface area contributed by atoms with Gasteiger partial charge in [-0.3, -0.25) is 0 Å². The van der Waals surface area contributed by atoms with Crippen LogP contribution >= 0.6 is 11.6 Å². The van der Waals surface area contributed by atoms with Gasteiger partial charge in [0.25, 0.3) is 10.2 Å². The second kappa shape index (κ2) is 10.7. The van der Waals surface area contributed by atoms with Gasteiger partial charge in [-0.25, -0.2) is 22.0 Å². The molecule has 0 saturated carbocycles. The molecule has 3 rings (SSSR count). The van der Waals surface area contributed by atoms with Crippen molar-refractivity contribution in [2.75, 3.05) is 25.1 Å². The SMILES string of the molecule is NS(=O)(=O)c1cc2c(cc1Cl)NCN(CCOc1cc(CO[N+](=O)[O-])cc(CO[N+](=O)[O-])c1)S2(=O)=O. The minimum atomic E-state index is -4.29. The number of benzene rings is 2. The first kappa shape index (κ1) is 27.1. The highest BCUT2D eigenvalue weighted by Gasteiger charge is 2.33. The maximum atomic E-state index is 13.0. The lowest BCUT2D eigenvalue weighted by Gasteiger charge is -2.29. The Balaban J connectivity index is 1.76. The third kappa shape index (κ3) is 6.61. The molecule has 0 aromatic heterocycles. The minimum absolute atomic E-state index is 0.0958. The Labute approximate surface area is 208 Å². The molecule has 196 valence electrons. The van der Waals surface area contributed by atoms with Gasteiger partial charge in [-0.1, -0.05) is 17.7 Å². The Bertz CT molecular complexity index is 1370. The fourth-order valence-electron chi connectivity index (χ4n) is 3.20. The van der Waals surface area contributed by atoms with Crippen molar-refractivity contribution in [3.8, 4) is 5.75 Å². The number of hydrogen-bond acceptors (Lipinski definition) is 12. The zero-order valence-corrected chi connectivity index (χ0v) is 20.4. The summed E-state index contributed by atoms with van der Waals surface area (Å²) in [5.74, 6) is 0.118. The van der Waals surface area contributed by atoms with Gasteiger partial charge in [-0.15, -0.1) is 20.2 Å². The smallest absolute Gasteiger partial charge is 0.294 e. The zero-order valence-electron chi connectivity index (χ0n) is 18.0. The van der Waals surface area contributed by atoms with Crippen LogP contribution in [0.4, 0.5) is 5.69 Å². The molecule has 16 nitrogen and oxygen atoms in total. The number of nitrogens with one attached hydrogen (secondary N) is 1. The lowest BCUT2D eigenvalue weighted by molar-refractivity contribution is -0.763. The highest BCUT2D eigenvalue weighted by molar-refractivity contribution is 7.90. The molecule has 0 aliphatic carbocycles. The van der Waals surface area contributed by atoms with Gasteiger partial charge in [0, 0.05) is 0 Å². The van der Waals surface area contributed by atoms with Gasteiger partial charge in [0.05, 0.1) is 23.9 Å². The number of anilines is 1. The molecule has 0 fully saturated rings. The average molecular weight is 568 g/mol. The van der Waals surface area contributed by atoms with Gasteiger partial charge in [-0.05, 0) is 35.4 Å². The molecule has 0 bridgehead atoms. The molecule has 0 atom stereocenters. The Hall–Kier alpha value is -3.45. The van der Waals surface area contributed by atoms with Crippen molar-refractivity contribution in [3.63, 3.8) is 0 Å². The molecule has 0 spiro atoms. The molecular formula is C17H18ClN5O11S2. The molecule has 19 heteroatoms. The monoisotopic (exact) mass is 567 g/mol. The van der Waals surface area contributed by atoms with E-state index in [9.17, 15) is 37.1 Å². The van der Waals surface area contributed by atoms with Crippen LogP contribution < -0.4 is 15.2 Å². The summed E-state index contributed by atoms with van der Waals surface area (Å²) >= 11 is 5.91. The molecule has 2 aromatic carbocycles. The lowest BCUT2D eigenvalue weighted by Crippen LogP contribution is -2.42. The normalized spacial score (nSPS) is 14.8. The third-order valence-corrected chi connectivity index (χ3v) is 7.97. The van der Waals surface area contributed by atoms with Crippen molar-refractivity contribution in [1.82, 2.24) is 4.31 Å². The summed E-state index contributed by atoms with van der Waals surface area (Å²) < 4.78 is 56.1. The number of nitrogens with zero attached hydrogens (tertiary/aromatic N) is 3. The van der Waals surface area contributed by atoms with Crippen molar-refractivity contribution >= 4 is 37.3 Å². The quantitative estimate of drug-likeness (QED) is 0.285. The van der Waals surface area contributed by atoms with Gasteiger partial charge < -0.3 is 19.7 Å². The van der Waals surface area contributed by atoms with Crippen LogP contribution in [-0.4, -0.2) is 51.1 Å². The number of primary sulfonamides is 1. The predicted octanol–water partition coefficient (Wildman–Crippen LogP) is 0.857. The van der Waals surface area contributed by atoms with E-state index >= 15 is 0 Å².